The van der Waals surface area contributed by atoms with Crippen LogP contribution in [-0.2, 0) is 4.74 Å². The zero-order valence-corrected chi connectivity index (χ0v) is 5.73. The molecule has 0 amide bonds. The summed E-state index contributed by atoms with van der Waals surface area (Å²) < 4.78 is 5.17. The number of hydrogen-bond acceptors (Lipinski definition) is 3. The lowest BCUT2D eigenvalue weighted by Crippen LogP contribution is -2.11. The van der Waals surface area contributed by atoms with E-state index in [1.54, 1.807) is 0 Å². The van der Waals surface area contributed by atoms with E-state index >= 15 is 0 Å². The molecule has 0 aromatic rings. The van der Waals surface area contributed by atoms with Crippen LogP contribution >= 0.6 is 0 Å². The van der Waals surface area contributed by atoms with E-state index in [1.165, 1.54) is 0 Å². The van der Waals surface area contributed by atoms with Gasteiger partial charge in [-0.3, -0.25) is 0 Å². The molecule has 10 heavy (non-hydrogen) atoms. The molecule has 4 atom stereocenters. The summed E-state index contributed by atoms with van der Waals surface area (Å²) in [6, 6.07) is 0. The average molecular weight is 144 g/mol. The maximum absolute atomic E-state index is 9.23. The summed E-state index contributed by atoms with van der Waals surface area (Å²) in [5.74, 6) is 0.407. The summed E-state index contributed by atoms with van der Waals surface area (Å²) >= 11 is 0. The minimum Gasteiger partial charge on any atom is -0.396 e. The van der Waals surface area contributed by atoms with Gasteiger partial charge in [-0.1, -0.05) is 0 Å². The molecule has 0 spiro atoms. The smallest absolute Gasteiger partial charge is 0.110 e. The Kier molecular flexibility index (Phi) is 1.44. The van der Waals surface area contributed by atoms with Crippen LogP contribution in [0.1, 0.15) is 12.8 Å². The van der Waals surface area contributed by atoms with Gasteiger partial charge in [-0.05, 0) is 18.8 Å². The molecule has 2 N–H and O–H groups in total. The quantitative estimate of drug-likeness (QED) is 0.514. The topological polar surface area (TPSA) is 53.0 Å². The van der Waals surface area contributed by atoms with Crippen LogP contribution in [0.2, 0.25) is 0 Å². The lowest BCUT2D eigenvalue weighted by atomic mass is 10.0. The molecule has 1 aliphatic heterocycles. The van der Waals surface area contributed by atoms with Crippen molar-refractivity contribution < 1.29 is 14.9 Å². The van der Waals surface area contributed by atoms with Crippen molar-refractivity contribution >= 4 is 0 Å². The molecule has 58 valence electrons. The van der Waals surface area contributed by atoms with Crippen molar-refractivity contribution in [2.75, 3.05) is 6.61 Å². The monoisotopic (exact) mass is 144 g/mol. The molecule has 0 aromatic heterocycles. The van der Waals surface area contributed by atoms with Gasteiger partial charge in [0.2, 0.25) is 0 Å². The van der Waals surface area contributed by atoms with E-state index in [0.717, 1.165) is 12.8 Å². The molecule has 3 nitrogen and oxygen atoms in total. The molecule has 0 radical (unpaired) electrons. The van der Waals surface area contributed by atoms with Gasteiger partial charge in [0, 0.05) is 6.61 Å². The van der Waals surface area contributed by atoms with Crippen molar-refractivity contribution in [2.24, 2.45) is 5.92 Å². The highest BCUT2D eigenvalue weighted by Gasteiger charge is 2.55. The fourth-order valence-electron chi connectivity index (χ4n) is 1.85. The van der Waals surface area contributed by atoms with Crippen molar-refractivity contribution in [1.82, 2.24) is 0 Å². The molecule has 4 unspecified atom stereocenters. The highest BCUT2D eigenvalue weighted by atomic mass is 16.6. The van der Waals surface area contributed by atoms with E-state index in [9.17, 15) is 5.11 Å². The van der Waals surface area contributed by atoms with E-state index < -0.39 is 0 Å². The van der Waals surface area contributed by atoms with Gasteiger partial charge >= 0.3 is 0 Å². The number of ether oxygens (including phenoxy) is 1. The average Bonchev–Trinajstić information content (AvgIpc) is 2.59. The fraction of sp³-hybridized carbons (Fsp3) is 1.00. The Hall–Kier alpha value is -0.120. The normalized spacial score (nSPS) is 51.0. The van der Waals surface area contributed by atoms with E-state index in [4.69, 9.17) is 9.84 Å². The third kappa shape index (κ3) is 0.856. The molecular weight excluding hydrogens is 132 g/mol. The summed E-state index contributed by atoms with van der Waals surface area (Å²) in [5.41, 5.74) is 0. The Morgan fingerprint density at radius 3 is 2.60 bits per heavy atom. The van der Waals surface area contributed by atoms with Crippen molar-refractivity contribution in [3.63, 3.8) is 0 Å². The van der Waals surface area contributed by atoms with Gasteiger partial charge in [0.25, 0.3) is 0 Å². The van der Waals surface area contributed by atoms with Crippen LogP contribution in [0.4, 0.5) is 0 Å². The first kappa shape index (κ1) is 6.58. The summed E-state index contributed by atoms with van der Waals surface area (Å²) in [4.78, 5) is 0. The second-order valence-electron chi connectivity index (χ2n) is 3.14. The lowest BCUT2D eigenvalue weighted by Gasteiger charge is -2.09. The SMILES string of the molecule is OCCC1CC(O)C2OC12. The Morgan fingerprint density at radius 1 is 1.40 bits per heavy atom. The van der Waals surface area contributed by atoms with Crippen LogP contribution in [-0.4, -0.2) is 35.1 Å². The first-order chi connectivity index (χ1) is 4.83. The van der Waals surface area contributed by atoms with Gasteiger partial charge < -0.3 is 14.9 Å². The number of fused-ring (bicyclic) bond motifs is 1. The lowest BCUT2D eigenvalue weighted by molar-refractivity contribution is 0.0922. The predicted molar refractivity (Wildman–Crippen MR) is 34.5 cm³/mol. The van der Waals surface area contributed by atoms with E-state index in [0.29, 0.717) is 5.92 Å². The minimum absolute atomic E-state index is 0.108. The minimum atomic E-state index is -0.262. The number of epoxide rings is 1. The van der Waals surface area contributed by atoms with E-state index in [1.807, 2.05) is 0 Å². The number of aliphatic hydroxyl groups excluding tert-OH is 2. The van der Waals surface area contributed by atoms with Crippen LogP contribution < -0.4 is 0 Å². The van der Waals surface area contributed by atoms with Gasteiger partial charge in [-0.25, -0.2) is 0 Å². The third-order valence-electron chi connectivity index (χ3n) is 2.45. The van der Waals surface area contributed by atoms with Crippen LogP contribution in [0.5, 0.6) is 0 Å². The summed E-state index contributed by atoms with van der Waals surface area (Å²) in [6.07, 6.45) is 1.70. The van der Waals surface area contributed by atoms with Crippen LogP contribution in [0, 0.1) is 5.92 Å². The fourth-order valence-corrected chi connectivity index (χ4v) is 1.85. The predicted octanol–water partition coefficient (Wildman–Crippen LogP) is -0.483. The molecule has 2 rings (SSSR count). The van der Waals surface area contributed by atoms with Crippen LogP contribution in [0.25, 0.3) is 0 Å². The molecule has 3 heteroatoms. The Morgan fingerprint density at radius 2 is 2.20 bits per heavy atom. The summed E-state index contributed by atoms with van der Waals surface area (Å²) in [5, 5.41) is 17.8. The van der Waals surface area contributed by atoms with E-state index in [2.05, 4.69) is 0 Å². The summed E-state index contributed by atoms with van der Waals surface area (Å²) in [7, 11) is 0. The molecule has 0 bridgehead atoms. The summed E-state index contributed by atoms with van der Waals surface area (Å²) in [6.45, 7) is 0.212. The highest BCUT2D eigenvalue weighted by Crippen LogP contribution is 2.44. The molecule has 1 aliphatic carbocycles. The van der Waals surface area contributed by atoms with Crippen molar-refractivity contribution in [2.45, 2.75) is 31.2 Å². The molecule has 2 fully saturated rings. The molecule has 1 saturated heterocycles. The van der Waals surface area contributed by atoms with Crippen molar-refractivity contribution in [1.29, 1.82) is 0 Å². The van der Waals surface area contributed by atoms with Crippen LogP contribution in [0.15, 0.2) is 0 Å². The zero-order chi connectivity index (χ0) is 7.14. The molecular formula is C7H12O3. The number of hydrogen-bond donors (Lipinski definition) is 2. The van der Waals surface area contributed by atoms with Crippen molar-refractivity contribution in [3.8, 4) is 0 Å². The Labute approximate surface area is 59.6 Å². The number of aliphatic hydroxyl groups is 2. The molecule has 2 aliphatic rings. The maximum Gasteiger partial charge on any atom is 0.110 e. The van der Waals surface area contributed by atoms with Crippen LogP contribution in [0.3, 0.4) is 0 Å². The first-order valence-electron chi connectivity index (χ1n) is 3.77. The largest absolute Gasteiger partial charge is 0.396 e. The second kappa shape index (κ2) is 2.19. The van der Waals surface area contributed by atoms with Gasteiger partial charge in [-0.15, -0.1) is 0 Å². The number of rotatable bonds is 2. The van der Waals surface area contributed by atoms with Gasteiger partial charge in [-0.2, -0.15) is 0 Å². The van der Waals surface area contributed by atoms with Gasteiger partial charge in [0.05, 0.1) is 12.2 Å². The second-order valence-corrected chi connectivity index (χ2v) is 3.14. The Bertz CT molecular complexity index is 137. The van der Waals surface area contributed by atoms with Crippen molar-refractivity contribution in [3.05, 3.63) is 0 Å². The van der Waals surface area contributed by atoms with Gasteiger partial charge in [0.15, 0.2) is 0 Å². The molecule has 0 aromatic carbocycles. The first-order valence-corrected chi connectivity index (χ1v) is 3.77. The molecule has 1 heterocycles. The zero-order valence-electron chi connectivity index (χ0n) is 5.73. The van der Waals surface area contributed by atoms with E-state index in [-0.39, 0.29) is 24.9 Å². The highest BCUT2D eigenvalue weighted by molar-refractivity contribution is 5.03. The van der Waals surface area contributed by atoms with Gasteiger partial charge in [0.1, 0.15) is 6.10 Å². The molecule has 1 saturated carbocycles. The Balaban J connectivity index is 1.89. The maximum atomic E-state index is 9.23. The standard InChI is InChI=1S/C7H12O3/c8-2-1-4-3-5(9)7-6(4)10-7/h4-9H,1-3H2. The third-order valence-corrected chi connectivity index (χ3v) is 2.45.